The molecule has 2 atom stereocenters. The van der Waals surface area contributed by atoms with Crippen LogP contribution in [0.1, 0.15) is 22.6 Å². The number of carbonyl (C=O) groups excluding carboxylic acids is 2. The van der Waals surface area contributed by atoms with Gasteiger partial charge in [-0.2, -0.15) is 0 Å². The number of carbonyl (C=O) groups is 3. The molecular formula is C26H24N2O6. The van der Waals surface area contributed by atoms with E-state index in [-0.39, 0.29) is 19.1 Å². The topological polar surface area (TPSA) is 128 Å². The molecule has 0 spiro atoms. The van der Waals surface area contributed by atoms with Crippen molar-refractivity contribution in [2.24, 2.45) is 5.73 Å². The molecule has 1 aliphatic carbocycles. The standard InChI is InChI=1S/C26H24N2O6/c27-22(24(29)30)23(28-26(32)34-14-16-8-2-1-3-9-16)25(31)33-15-21-19-12-6-4-10-17(19)18-11-5-7-13-20(18)21/h1-13,21-23H,14-15,27H2,(H,28,32)(H,29,30). The van der Waals surface area contributed by atoms with Crippen LogP contribution >= 0.6 is 0 Å². The maximum absolute atomic E-state index is 12.8. The number of hydrogen-bond acceptors (Lipinski definition) is 6. The van der Waals surface area contributed by atoms with Crippen molar-refractivity contribution in [1.82, 2.24) is 5.32 Å². The lowest BCUT2D eigenvalue weighted by atomic mass is 9.98. The second kappa shape index (κ2) is 10.2. The molecule has 2 unspecified atom stereocenters. The van der Waals surface area contributed by atoms with E-state index in [2.05, 4.69) is 5.32 Å². The summed E-state index contributed by atoms with van der Waals surface area (Å²) in [4.78, 5) is 36.6. The third kappa shape index (κ3) is 4.92. The van der Waals surface area contributed by atoms with Crippen LogP contribution in [0.2, 0.25) is 0 Å². The summed E-state index contributed by atoms with van der Waals surface area (Å²) in [5.41, 5.74) is 10.5. The van der Waals surface area contributed by atoms with Crippen molar-refractivity contribution >= 4 is 18.0 Å². The van der Waals surface area contributed by atoms with Crippen molar-refractivity contribution in [3.05, 3.63) is 95.6 Å². The van der Waals surface area contributed by atoms with Crippen LogP contribution in [0.3, 0.4) is 0 Å². The molecule has 3 aromatic rings. The number of carboxylic acid groups (broad SMARTS) is 1. The molecule has 4 N–H and O–H groups in total. The van der Waals surface area contributed by atoms with E-state index in [9.17, 15) is 19.5 Å². The van der Waals surface area contributed by atoms with Crippen molar-refractivity contribution in [2.75, 3.05) is 6.61 Å². The quantitative estimate of drug-likeness (QED) is 0.441. The highest BCUT2D eigenvalue weighted by Crippen LogP contribution is 2.44. The number of rotatable bonds is 8. The molecule has 0 bridgehead atoms. The van der Waals surface area contributed by atoms with Crippen molar-refractivity contribution in [3.8, 4) is 11.1 Å². The molecule has 0 saturated heterocycles. The van der Waals surface area contributed by atoms with Gasteiger partial charge in [0.2, 0.25) is 0 Å². The Morgan fingerprint density at radius 1 is 0.853 bits per heavy atom. The molecule has 3 aromatic carbocycles. The van der Waals surface area contributed by atoms with E-state index in [1.165, 1.54) is 0 Å². The summed E-state index contributed by atoms with van der Waals surface area (Å²) >= 11 is 0. The molecule has 4 rings (SSSR count). The number of carboxylic acids is 1. The highest BCUT2D eigenvalue weighted by molar-refractivity contribution is 5.89. The largest absolute Gasteiger partial charge is 0.480 e. The van der Waals surface area contributed by atoms with E-state index >= 15 is 0 Å². The fraction of sp³-hybridized carbons (Fsp3) is 0.192. The Balaban J connectivity index is 1.44. The molecule has 0 aliphatic heterocycles. The fourth-order valence-electron chi connectivity index (χ4n) is 4.02. The van der Waals surface area contributed by atoms with Crippen LogP contribution in [0.4, 0.5) is 4.79 Å². The monoisotopic (exact) mass is 460 g/mol. The summed E-state index contributed by atoms with van der Waals surface area (Å²) in [6.45, 7) is -0.0805. The first-order chi connectivity index (χ1) is 16.5. The van der Waals surface area contributed by atoms with Gasteiger partial charge in [0.25, 0.3) is 0 Å². The number of aliphatic carboxylic acids is 1. The Morgan fingerprint density at radius 2 is 1.41 bits per heavy atom. The summed E-state index contributed by atoms with van der Waals surface area (Å²) in [5, 5.41) is 11.6. The average molecular weight is 460 g/mol. The smallest absolute Gasteiger partial charge is 0.408 e. The highest BCUT2D eigenvalue weighted by atomic mass is 16.6. The van der Waals surface area contributed by atoms with Gasteiger partial charge in [0.15, 0.2) is 6.04 Å². The van der Waals surface area contributed by atoms with Crippen LogP contribution in [-0.2, 0) is 25.7 Å². The van der Waals surface area contributed by atoms with Crippen LogP contribution < -0.4 is 11.1 Å². The van der Waals surface area contributed by atoms with Crippen molar-refractivity contribution in [3.63, 3.8) is 0 Å². The Hall–Kier alpha value is -4.17. The molecule has 0 saturated carbocycles. The third-order valence-electron chi connectivity index (χ3n) is 5.74. The molecule has 34 heavy (non-hydrogen) atoms. The Labute approximate surface area is 196 Å². The molecule has 8 nitrogen and oxygen atoms in total. The van der Waals surface area contributed by atoms with Gasteiger partial charge in [-0.25, -0.2) is 9.59 Å². The third-order valence-corrected chi connectivity index (χ3v) is 5.74. The van der Waals surface area contributed by atoms with Gasteiger partial charge in [-0.1, -0.05) is 78.9 Å². The number of hydrogen-bond donors (Lipinski definition) is 3. The zero-order chi connectivity index (χ0) is 24.1. The Kier molecular flexibility index (Phi) is 6.89. The number of benzene rings is 3. The van der Waals surface area contributed by atoms with Crippen LogP contribution in [0.25, 0.3) is 11.1 Å². The summed E-state index contributed by atoms with van der Waals surface area (Å²) in [7, 11) is 0. The van der Waals surface area contributed by atoms with Gasteiger partial charge in [0.05, 0.1) is 0 Å². The number of fused-ring (bicyclic) bond motifs is 3. The maximum Gasteiger partial charge on any atom is 0.408 e. The van der Waals surface area contributed by atoms with Gasteiger partial charge < -0.3 is 25.6 Å². The molecule has 0 aromatic heterocycles. The predicted octanol–water partition coefficient (Wildman–Crippen LogP) is 3.05. The van der Waals surface area contributed by atoms with E-state index in [1.54, 1.807) is 24.3 Å². The Morgan fingerprint density at radius 3 is 2.00 bits per heavy atom. The van der Waals surface area contributed by atoms with Gasteiger partial charge in [-0.3, -0.25) is 4.79 Å². The number of esters is 1. The molecule has 0 fully saturated rings. The number of ether oxygens (including phenoxy) is 2. The van der Waals surface area contributed by atoms with Crippen LogP contribution in [0.15, 0.2) is 78.9 Å². The number of nitrogens with one attached hydrogen (secondary N) is 1. The molecule has 0 radical (unpaired) electrons. The fourth-order valence-corrected chi connectivity index (χ4v) is 4.02. The second-order valence-corrected chi connectivity index (χ2v) is 7.90. The van der Waals surface area contributed by atoms with Gasteiger partial charge in [0, 0.05) is 5.92 Å². The van der Waals surface area contributed by atoms with Gasteiger partial charge in [-0.05, 0) is 27.8 Å². The van der Waals surface area contributed by atoms with E-state index < -0.39 is 30.1 Å². The minimum Gasteiger partial charge on any atom is -0.480 e. The summed E-state index contributed by atoms with van der Waals surface area (Å²) in [6.07, 6.45) is -0.973. The van der Waals surface area contributed by atoms with Crippen LogP contribution in [-0.4, -0.2) is 41.8 Å². The molecule has 0 heterocycles. The van der Waals surface area contributed by atoms with Gasteiger partial charge in [-0.15, -0.1) is 0 Å². The lowest BCUT2D eigenvalue weighted by Gasteiger charge is -2.22. The van der Waals surface area contributed by atoms with Gasteiger partial charge in [0.1, 0.15) is 19.3 Å². The Bertz CT molecular complexity index is 1150. The number of amides is 1. The first-order valence-electron chi connectivity index (χ1n) is 10.8. The van der Waals surface area contributed by atoms with Crippen LogP contribution in [0, 0.1) is 0 Å². The minimum atomic E-state index is -1.71. The summed E-state index contributed by atoms with van der Waals surface area (Å²) < 4.78 is 10.6. The summed E-state index contributed by atoms with van der Waals surface area (Å²) in [5.74, 6) is -2.63. The molecule has 8 heteroatoms. The maximum atomic E-state index is 12.8. The van der Waals surface area contributed by atoms with Crippen LogP contribution in [0.5, 0.6) is 0 Å². The van der Waals surface area contributed by atoms with E-state index in [4.69, 9.17) is 15.2 Å². The van der Waals surface area contributed by atoms with Crippen molar-refractivity contribution < 1.29 is 29.0 Å². The van der Waals surface area contributed by atoms with Gasteiger partial charge >= 0.3 is 18.0 Å². The first kappa shape index (κ1) is 23.0. The number of nitrogens with two attached hydrogens (primary N) is 1. The average Bonchev–Trinajstić information content (AvgIpc) is 3.18. The normalized spacial score (nSPS) is 13.8. The summed E-state index contributed by atoms with van der Waals surface area (Å²) in [6, 6.07) is 21.2. The molecular weight excluding hydrogens is 436 g/mol. The lowest BCUT2D eigenvalue weighted by molar-refractivity contribution is -0.151. The molecule has 174 valence electrons. The van der Waals surface area contributed by atoms with Crippen molar-refractivity contribution in [1.29, 1.82) is 0 Å². The second-order valence-electron chi connectivity index (χ2n) is 7.90. The van der Waals surface area contributed by atoms with E-state index in [0.29, 0.717) is 0 Å². The highest BCUT2D eigenvalue weighted by Gasteiger charge is 2.36. The van der Waals surface area contributed by atoms with E-state index in [1.807, 2.05) is 54.6 Å². The zero-order valence-electron chi connectivity index (χ0n) is 18.2. The first-order valence-corrected chi connectivity index (χ1v) is 10.8. The number of alkyl carbamates (subject to hydrolysis) is 1. The molecule has 1 amide bonds. The van der Waals surface area contributed by atoms with E-state index in [0.717, 1.165) is 27.8 Å². The SMILES string of the molecule is NC(C(=O)O)C(NC(=O)OCc1ccccc1)C(=O)OCC1c2ccccc2-c2ccccc21. The lowest BCUT2D eigenvalue weighted by Crippen LogP contribution is -2.56. The minimum absolute atomic E-state index is 0.0313. The predicted molar refractivity (Wildman–Crippen MR) is 124 cm³/mol. The zero-order valence-corrected chi connectivity index (χ0v) is 18.2. The van der Waals surface area contributed by atoms with Crippen molar-refractivity contribution in [2.45, 2.75) is 24.6 Å². The molecule has 1 aliphatic rings.